The molecule has 0 bridgehead atoms. The average Bonchev–Trinajstić information content (AvgIpc) is 2.73. The summed E-state index contributed by atoms with van der Waals surface area (Å²) in [6.07, 6.45) is 1.06. The molecule has 1 N–H and O–H groups in total. The van der Waals surface area contributed by atoms with E-state index in [1.165, 1.54) is 0 Å². The molecule has 0 amide bonds. The zero-order valence-electron chi connectivity index (χ0n) is 10.2. The van der Waals surface area contributed by atoms with Gasteiger partial charge in [-0.3, -0.25) is 0 Å². The molecule has 18 heavy (non-hydrogen) atoms. The van der Waals surface area contributed by atoms with Gasteiger partial charge < -0.3 is 14.4 Å². The molecule has 0 aliphatic carbocycles. The van der Waals surface area contributed by atoms with Crippen LogP contribution in [0.4, 0.5) is 0 Å². The van der Waals surface area contributed by atoms with Crippen LogP contribution in [0.25, 0.3) is 0 Å². The summed E-state index contributed by atoms with van der Waals surface area (Å²) in [4.78, 5) is 0. The number of aryl methyl sites for hydroxylation is 1. The number of hydrogen-bond acceptors (Lipinski definition) is 4. The van der Waals surface area contributed by atoms with Gasteiger partial charge in [0.15, 0.2) is 5.82 Å². The second-order valence-electron chi connectivity index (χ2n) is 4.01. The van der Waals surface area contributed by atoms with Crippen LogP contribution in [0.15, 0.2) is 24.5 Å². The Kier molecular flexibility index (Phi) is 3.84. The molecule has 0 spiro atoms. The smallest absolute Gasteiger partial charge is 0.170 e. The largest absolute Gasteiger partial charge is 0.484 e. The fourth-order valence-electron chi connectivity index (χ4n) is 1.47. The van der Waals surface area contributed by atoms with Crippen molar-refractivity contribution in [3.8, 4) is 5.75 Å². The molecule has 0 saturated carbocycles. The number of aliphatic hydroxyl groups is 1. The Morgan fingerprint density at radius 2 is 2.28 bits per heavy atom. The van der Waals surface area contributed by atoms with Crippen LogP contribution in [0.3, 0.4) is 0 Å². The standard InChI is InChI=1S/C12H14ClN3O2/c1-8(17)9-3-4-11(10(13)5-9)18-6-12-15-14-7-16(12)2/h3-5,7-8,17H,6H2,1-2H3/t8-/m1/s1. The lowest BCUT2D eigenvalue weighted by Crippen LogP contribution is -2.03. The number of ether oxygens (including phenoxy) is 1. The fourth-order valence-corrected chi connectivity index (χ4v) is 1.72. The lowest BCUT2D eigenvalue weighted by molar-refractivity contribution is 0.199. The molecule has 1 aromatic heterocycles. The van der Waals surface area contributed by atoms with Crippen LogP contribution < -0.4 is 4.74 Å². The molecule has 2 rings (SSSR count). The number of aliphatic hydroxyl groups excluding tert-OH is 1. The van der Waals surface area contributed by atoms with Crippen molar-refractivity contribution in [2.45, 2.75) is 19.6 Å². The first-order chi connectivity index (χ1) is 8.58. The summed E-state index contributed by atoms with van der Waals surface area (Å²) in [7, 11) is 1.84. The average molecular weight is 268 g/mol. The fraction of sp³-hybridized carbons (Fsp3) is 0.333. The summed E-state index contributed by atoms with van der Waals surface area (Å²) < 4.78 is 7.34. The van der Waals surface area contributed by atoms with Gasteiger partial charge in [0.1, 0.15) is 18.7 Å². The zero-order valence-corrected chi connectivity index (χ0v) is 10.9. The van der Waals surface area contributed by atoms with Crippen molar-refractivity contribution < 1.29 is 9.84 Å². The Bertz CT molecular complexity index is 540. The number of aromatic nitrogens is 3. The quantitative estimate of drug-likeness (QED) is 0.922. The molecule has 1 aromatic carbocycles. The van der Waals surface area contributed by atoms with Gasteiger partial charge in [-0.15, -0.1) is 10.2 Å². The maximum Gasteiger partial charge on any atom is 0.170 e. The van der Waals surface area contributed by atoms with E-state index in [1.54, 1.807) is 36.0 Å². The van der Waals surface area contributed by atoms with E-state index in [-0.39, 0.29) is 0 Å². The van der Waals surface area contributed by atoms with Gasteiger partial charge in [-0.2, -0.15) is 0 Å². The predicted molar refractivity (Wildman–Crippen MR) is 67.4 cm³/mol. The Hall–Kier alpha value is -1.59. The molecule has 0 radical (unpaired) electrons. The van der Waals surface area contributed by atoms with Crippen LogP contribution in [0, 0.1) is 0 Å². The molecule has 0 saturated heterocycles. The molecule has 5 nitrogen and oxygen atoms in total. The third kappa shape index (κ3) is 2.80. The Morgan fingerprint density at radius 1 is 1.50 bits per heavy atom. The van der Waals surface area contributed by atoms with E-state index in [4.69, 9.17) is 16.3 Å². The minimum atomic E-state index is -0.546. The molecule has 6 heteroatoms. The maximum atomic E-state index is 9.43. The van der Waals surface area contributed by atoms with Crippen molar-refractivity contribution in [2.24, 2.45) is 7.05 Å². The molecule has 1 heterocycles. The first-order valence-electron chi connectivity index (χ1n) is 5.51. The van der Waals surface area contributed by atoms with E-state index in [0.29, 0.717) is 23.2 Å². The van der Waals surface area contributed by atoms with Crippen LogP contribution in [0.5, 0.6) is 5.75 Å². The highest BCUT2D eigenvalue weighted by Crippen LogP contribution is 2.28. The maximum absolute atomic E-state index is 9.43. The minimum Gasteiger partial charge on any atom is -0.484 e. The Morgan fingerprint density at radius 3 is 2.83 bits per heavy atom. The van der Waals surface area contributed by atoms with Crippen LogP contribution in [-0.4, -0.2) is 19.9 Å². The predicted octanol–water partition coefficient (Wildman–Crippen LogP) is 2.10. The van der Waals surface area contributed by atoms with Crippen molar-refractivity contribution in [3.63, 3.8) is 0 Å². The van der Waals surface area contributed by atoms with E-state index < -0.39 is 6.10 Å². The number of rotatable bonds is 4. The zero-order chi connectivity index (χ0) is 13.1. The lowest BCUT2D eigenvalue weighted by Gasteiger charge is -2.10. The number of hydrogen-bond donors (Lipinski definition) is 1. The monoisotopic (exact) mass is 267 g/mol. The first kappa shape index (κ1) is 12.9. The molecule has 0 aliphatic heterocycles. The highest BCUT2D eigenvalue weighted by Gasteiger charge is 2.08. The van der Waals surface area contributed by atoms with Crippen LogP contribution in [0.1, 0.15) is 24.4 Å². The normalized spacial score (nSPS) is 12.4. The van der Waals surface area contributed by atoms with Gasteiger partial charge in [-0.1, -0.05) is 17.7 Å². The van der Waals surface area contributed by atoms with Gasteiger partial charge in [-0.25, -0.2) is 0 Å². The van der Waals surface area contributed by atoms with Crippen molar-refractivity contribution >= 4 is 11.6 Å². The number of benzene rings is 1. The Balaban J connectivity index is 2.08. The molecular formula is C12H14ClN3O2. The topological polar surface area (TPSA) is 60.2 Å². The Labute approximate surface area is 110 Å². The summed E-state index contributed by atoms with van der Waals surface area (Å²) in [6.45, 7) is 1.98. The van der Waals surface area contributed by atoms with Crippen LogP contribution in [-0.2, 0) is 13.7 Å². The van der Waals surface area contributed by atoms with Gasteiger partial charge in [0, 0.05) is 7.05 Å². The third-order valence-corrected chi connectivity index (χ3v) is 2.90. The number of halogens is 1. The van der Waals surface area contributed by atoms with Crippen LogP contribution in [0.2, 0.25) is 5.02 Å². The summed E-state index contributed by atoms with van der Waals surface area (Å²) in [5, 5.41) is 17.6. The third-order valence-electron chi connectivity index (χ3n) is 2.60. The van der Waals surface area contributed by atoms with Gasteiger partial charge in [0.25, 0.3) is 0 Å². The van der Waals surface area contributed by atoms with Crippen molar-refractivity contribution in [2.75, 3.05) is 0 Å². The van der Waals surface area contributed by atoms with Crippen LogP contribution >= 0.6 is 11.6 Å². The van der Waals surface area contributed by atoms with E-state index in [1.807, 2.05) is 7.05 Å². The summed E-state index contributed by atoms with van der Waals surface area (Å²) >= 11 is 6.07. The summed E-state index contributed by atoms with van der Waals surface area (Å²) in [6, 6.07) is 5.21. The second kappa shape index (κ2) is 5.37. The van der Waals surface area contributed by atoms with Gasteiger partial charge >= 0.3 is 0 Å². The second-order valence-corrected chi connectivity index (χ2v) is 4.42. The molecule has 0 aliphatic rings. The van der Waals surface area contributed by atoms with Crippen molar-refractivity contribution in [1.82, 2.24) is 14.8 Å². The highest BCUT2D eigenvalue weighted by molar-refractivity contribution is 6.32. The molecule has 2 aromatic rings. The van der Waals surface area contributed by atoms with E-state index in [2.05, 4.69) is 10.2 Å². The summed E-state index contributed by atoms with van der Waals surface area (Å²) in [5.41, 5.74) is 0.756. The minimum absolute atomic E-state index is 0.296. The SMILES string of the molecule is C[C@@H](O)c1ccc(OCc2nncn2C)c(Cl)c1. The molecular weight excluding hydrogens is 254 g/mol. The van der Waals surface area contributed by atoms with Crippen molar-refractivity contribution in [3.05, 3.63) is 40.9 Å². The van der Waals surface area contributed by atoms with E-state index >= 15 is 0 Å². The van der Waals surface area contributed by atoms with Gasteiger partial charge in [0.2, 0.25) is 0 Å². The van der Waals surface area contributed by atoms with Crippen molar-refractivity contribution in [1.29, 1.82) is 0 Å². The molecule has 0 fully saturated rings. The van der Waals surface area contributed by atoms with Gasteiger partial charge in [0.05, 0.1) is 11.1 Å². The van der Waals surface area contributed by atoms with Gasteiger partial charge in [-0.05, 0) is 24.6 Å². The van der Waals surface area contributed by atoms with E-state index in [0.717, 1.165) is 5.56 Å². The summed E-state index contributed by atoms with van der Waals surface area (Å²) in [5.74, 6) is 1.27. The number of nitrogens with zero attached hydrogens (tertiary/aromatic N) is 3. The molecule has 0 unspecified atom stereocenters. The lowest BCUT2D eigenvalue weighted by atomic mass is 10.1. The first-order valence-corrected chi connectivity index (χ1v) is 5.89. The molecule has 96 valence electrons. The molecule has 1 atom stereocenters. The highest BCUT2D eigenvalue weighted by atomic mass is 35.5. The van der Waals surface area contributed by atoms with E-state index in [9.17, 15) is 5.11 Å².